The van der Waals surface area contributed by atoms with Crippen LogP contribution < -0.4 is 5.50 Å². The molecule has 1 aliphatic heterocycles. The summed E-state index contributed by atoms with van der Waals surface area (Å²) in [7, 11) is -3.41. The minimum atomic E-state index is -3.41. The molecule has 0 radical (unpaired) electrons. The lowest BCUT2D eigenvalue weighted by Crippen LogP contribution is -2.31. The van der Waals surface area contributed by atoms with Gasteiger partial charge in [0.05, 0.1) is 13.2 Å². The molecule has 1 aliphatic carbocycles. The molecule has 2 aliphatic rings. The van der Waals surface area contributed by atoms with E-state index in [-0.39, 0.29) is 5.41 Å². The first kappa shape index (κ1) is 18.7. The van der Waals surface area contributed by atoms with Crippen LogP contribution in [0.5, 0.6) is 0 Å². The molecule has 5 heteroatoms. The van der Waals surface area contributed by atoms with Gasteiger partial charge >= 0.3 is 7.60 Å². The molecule has 1 aromatic heterocycles. The minimum absolute atomic E-state index is 0.140. The molecular weight excluding hydrogens is 359 g/mol. The van der Waals surface area contributed by atoms with Crippen LogP contribution in [0.25, 0.3) is 11.1 Å². The average Bonchev–Trinajstić information content (AvgIpc) is 3.11. The highest BCUT2D eigenvalue weighted by Gasteiger charge is 2.41. The third-order valence-electron chi connectivity index (χ3n) is 5.17. The normalized spacial score (nSPS) is 21.6. The predicted octanol–water partition coefficient (Wildman–Crippen LogP) is 5.88. The van der Waals surface area contributed by atoms with E-state index in [0.29, 0.717) is 18.7 Å². The SMILES string of the molecule is CC1(C)COP(=O)(c2cc(-c3ccccc3)c(CC3=CCCCC3)o2)OC1. The van der Waals surface area contributed by atoms with E-state index in [4.69, 9.17) is 13.5 Å². The number of hydrogen-bond acceptors (Lipinski definition) is 4. The van der Waals surface area contributed by atoms with Crippen LogP contribution in [0.3, 0.4) is 0 Å². The first-order valence-electron chi connectivity index (χ1n) is 9.71. The highest BCUT2D eigenvalue weighted by atomic mass is 31.2. The van der Waals surface area contributed by atoms with Crippen molar-refractivity contribution in [2.75, 3.05) is 13.2 Å². The molecule has 1 aromatic carbocycles. The Balaban J connectivity index is 1.69. The van der Waals surface area contributed by atoms with Gasteiger partial charge in [-0.3, -0.25) is 4.57 Å². The Morgan fingerprint density at radius 3 is 2.48 bits per heavy atom. The lowest BCUT2D eigenvalue weighted by molar-refractivity contribution is 0.0447. The van der Waals surface area contributed by atoms with Crippen molar-refractivity contribution in [1.82, 2.24) is 0 Å². The topological polar surface area (TPSA) is 48.7 Å². The van der Waals surface area contributed by atoms with Crippen LogP contribution >= 0.6 is 7.60 Å². The van der Waals surface area contributed by atoms with Crippen molar-refractivity contribution >= 4 is 13.1 Å². The first-order valence-corrected chi connectivity index (χ1v) is 11.3. The smallest absolute Gasteiger partial charge is 0.396 e. The fourth-order valence-electron chi connectivity index (χ4n) is 3.54. The standard InChI is InChI=1S/C22H27O4P/c1-22(2)15-24-27(23,25-16-22)21-14-19(18-11-7-4-8-12-18)20(26-21)13-17-9-5-3-6-10-17/h4,7-9,11-12,14H,3,5-6,10,13,15-16H2,1-2H3. The van der Waals surface area contributed by atoms with Crippen LogP contribution in [0.2, 0.25) is 0 Å². The molecule has 0 spiro atoms. The van der Waals surface area contributed by atoms with Gasteiger partial charge in [0.1, 0.15) is 5.76 Å². The molecule has 0 atom stereocenters. The molecule has 2 heterocycles. The second-order valence-electron chi connectivity index (χ2n) is 8.28. The van der Waals surface area contributed by atoms with Crippen LogP contribution in [0.1, 0.15) is 45.3 Å². The monoisotopic (exact) mass is 386 g/mol. The molecule has 0 amide bonds. The summed E-state index contributed by atoms with van der Waals surface area (Å²) in [5.41, 5.74) is 3.61. The summed E-state index contributed by atoms with van der Waals surface area (Å²) < 4.78 is 30.8. The Hall–Kier alpha value is -1.61. The van der Waals surface area contributed by atoms with Gasteiger partial charge in [-0.05, 0) is 31.2 Å². The molecule has 27 heavy (non-hydrogen) atoms. The minimum Gasteiger partial charge on any atom is -0.452 e. The van der Waals surface area contributed by atoms with Crippen molar-refractivity contribution in [3.63, 3.8) is 0 Å². The van der Waals surface area contributed by atoms with Crippen LogP contribution in [0.4, 0.5) is 0 Å². The maximum atomic E-state index is 13.3. The Morgan fingerprint density at radius 2 is 1.81 bits per heavy atom. The molecule has 1 fully saturated rings. The van der Waals surface area contributed by atoms with Gasteiger partial charge in [-0.15, -0.1) is 0 Å². The quantitative estimate of drug-likeness (QED) is 0.486. The van der Waals surface area contributed by atoms with Crippen LogP contribution in [-0.4, -0.2) is 13.2 Å². The van der Waals surface area contributed by atoms with E-state index in [1.165, 1.54) is 18.4 Å². The van der Waals surface area contributed by atoms with E-state index in [1.807, 2.05) is 38.1 Å². The zero-order chi connectivity index (χ0) is 18.9. The van der Waals surface area contributed by atoms with Crippen molar-refractivity contribution < 1.29 is 18.0 Å². The van der Waals surface area contributed by atoms with E-state index >= 15 is 0 Å². The number of benzene rings is 1. The van der Waals surface area contributed by atoms with E-state index in [1.54, 1.807) is 0 Å². The molecule has 4 nitrogen and oxygen atoms in total. The maximum absolute atomic E-state index is 13.3. The molecule has 0 unspecified atom stereocenters. The number of hydrogen-bond donors (Lipinski definition) is 0. The van der Waals surface area contributed by atoms with E-state index < -0.39 is 7.60 Å². The zero-order valence-electron chi connectivity index (χ0n) is 16.1. The molecule has 144 valence electrons. The predicted molar refractivity (Wildman–Crippen MR) is 107 cm³/mol. The highest BCUT2D eigenvalue weighted by Crippen LogP contribution is 2.53. The zero-order valence-corrected chi connectivity index (χ0v) is 17.0. The maximum Gasteiger partial charge on any atom is 0.396 e. The molecule has 4 rings (SSSR count). The fourth-order valence-corrected chi connectivity index (χ4v) is 5.42. The summed E-state index contributed by atoms with van der Waals surface area (Å²) in [5, 5.41) is 0. The molecular formula is C22H27O4P. The van der Waals surface area contributed by atoms with Gasteiger partial charge in [-0.2, -0.15) is 0 Å². The van der Waals surface area contributed by atoms with Crippen molar-refractivity contribution in [3.8, 4) is 11.1 Å². The fraction of sp³-hybridized carbons (Fsp3) is 0.455. The molecule has 1 saturated heterocycles. The van der Waals surface area contributed by atoms with Gasteiger partial charge in [-0.25, -0.2) is 0 Å². The summed E-state index contributed by atoms with van der Waals surface area (Å²) >= 11 is 0. The van der Waals surface area contributed by atoms with Gasteiger partial charge in [0, 0.05) is 23.5 Å². The van der Waals surface area contributed by atoms with Crippen LogP contribution in [0, 0.1) is 5.41 Å². The summed E-state index contributed by atoms with van der Waals surface area (Å²) in [4.78, 5) is 0. The van der Waals surface area contributed by atoms with Gasteiger partial charge in [0.15, 0.2) is 0 Å². The number of allylic oxidation sites excluding steroid dienone is 2. The van der Waals surface area contributed by atoms with E-state index in [0.717, 1.165) is 36.1 Å². The van der Waals surface area contributed by atoms with Crippen molar-refractivity contribution in [1.29, 1.82) is 0 Å². The van der Waals surface area contributed by atoms with E-state index in [9.17, 15) is 4.57 Å². The van der Waals surface area contributed by atoms with Crippen LogP contribution in [0.15, 0.2) is 52.5 Å². The third kappa shape index (κ3) is 4.13. The van der Waals surface area contributed by atoms with Gasteiger partial charge in [0.25, 0.3) is 0 Å². The van der Waals surface area contributed by atoms with Gasteiger partial charge in [0.2, 0.25) is 5.50 Å². The molecule has 2 aromatic rings. The largest absolute Gasteiger partial charge is 0.452 e. The number of rotatable bonds is 4. The Kier molecular flexibility index (Phi) is 5.15. The second-order valence-corrected chi connectivity index (χ2v) is 10.2. The average molecular weight is 386 g/mol. The van der Waals surface area contributed by atoms with Gasteiger partial charge in [-0.1, -0.05) is 55.8 Å². The number of furan rings is 1. The second kappa shape index (κ2) is 7.43. The van der Waals surface area contributed by atoms with Gasteiger partial charge < -0.3 is 13.5 Å². The van der Waals surface area contributed by atoms with E-state index in [2.05, 4.69) is 18.2 Å². The lowest BCUT2D eigenvalue weighted by atomic mass is 9.94. The lowest BCUT2D eigenvalue weighted by Gasteiger charge is -2.32. The Labute approximate surface area is 161 Å². The van der Waals surface area contributed by atoms with Crippen molar-refractivity contribution in [2.45, 2.75) is 46.0 Å². The molecule has 0 bridgehead atoms. The summed E-state index contributed by atoms with van der Waals surface area (Å²) in [6.45, 7) is 4.86. The Bertz CT molecular complexity index is 865. The summed E-state index contributed by atoms with van der Waals surface area (Å²) in [6, 6.07) is 12.0. The van der Waals surface area contributed by atoms with Crippen molar-refractivity contribution in [2.24, 2.45) is 5.41 Å². The molecule has 0 saturated carbocycles. The molecule has 0 N–H and O–H groups in total. The third-order valence-corrected chi connectivity index (χ3v) is 6.87. The summed E-state index contributed by atoms with van der Waals surface area (Å²) in [6.07, 6.45) is 7.77. The van der Waals surface area contributed by atoms with Crippen molar-refractivity contribution in [3.05, 3.63) is 53.8 Å². The summed E-state index contributed by atoms with van der Waals surface area (Å²) in [5.74, 6) is 0.844. The highest BCUT2D eigenvalue weighted by molar-refractivity contribution is 7.61. The Morgan fingerprint density at radius 1 is 1.07 bits per heavy atom. The van der Waals surface area contributed by atoms with Crippen LogP contribution in [-0.2, 0) is 20.0 Å². The first-order chi connectivity index (χ1) is 13.0.